The number of allylic oxidation sites excluding steroid dienone is 1. The lowest BCUT2D eigenvalue weighted by Gasteiger charge is -2.33. The van der Waals surface area contributed by atoms with E-state index < -0.39 is 5.41 Å². The van der Waals surface area contributed by atoms with Crippen molar-refractivity contribution in [3.05, 3.63) is 99.1 Å². The summed E-state index contributed by atoms with van der Waals surface area (Å²) in [5, 5.41) is 0. The average molecular weight is 627 g/mol. The van der Waals surface area contributed by atoms with E-state index in [4.69, 9.17) is 14.7 Å². The molecule has 1 aromatic carbocycles. The Morgan fingerprint density at radius 3 is 2.20 bits per heavy atom. The summed E-state index contributed by atoms with van der Waals surface area (Å²) >= 11 is 0. The molecular formula is C41H58N2O3. The summed E-state index contributed by atoms with van der Waals surface area (Å²) in [6.07, 6.45) is 12.1. The highest BCUT2D eigenvalue weighted by molar-refractivity contribution is 6.07. The number of benzene rings is 1. The van der Waals surface area contributed by atoms with Crippen LogP contribution in [-0.2, 0) is 28.9 Å². The minimum Gasteiger partial charge on any atom is -0.496 e. The first-order chi connectivity index (χ1) is 21.9. The lowest BCUT2D eigenvalue weighted by molar-refractivity contribution is -0.141. The smallest absolute Gasteiger partial charge is 0.147 e. The molecule has 1 aliphatic rings. The molecule has 0 spiro atoms. The van der Waals surface area contributed by atoms with Crippen LogP contribution in [0.1, 0.15) is 119 Å². The number of nitrogens with zero attached hydrogens (tertiary/aromatic N) is 2. The number of hydrogen-bond acceptors (Lipinski definition) is 5. The molecular weight excluding hydrogens is 568 g/mol. The molecule has 5 heteroatoms. The molecule has 2 unspecified atom stereocenters. The molecule has 0 N–H and O–H groups in total. The molecule has 0 bridgehead atoms. The predicted molar refractivity (Wildman–Crippen MR) is 196 cm³/mol. The van der Waals surface area contributed by atoms with E-state index in [1.807, 2.05) is 53.8 Å². The van der Waals surface area contributed by atoms with Crippen molar-refractivity contribution in [3.63, 3.8) is 0 Å². The number of ketones is 2. The molecule has 46 heavy (non-hydrogen) atoms. The molecule has 2 aromatic heterocycles. The number of aryl methyl sites for hydroxylation is 3. The zero-order chi connectivity index (χ0) is 34.2. The van der Waals surface area contributed by atoms with Crippen LogP contribution in [0.3, 0.4) is 0 Å². The first kappa shape index (κ1) is 36.6. The molecule has 1 aliphatic carbocycles. The van der Waals surface area contributed by atoms with Gasteiger partial charge in [0.25, 0.3) is 0 Å². The number of rotatable bonds is 14. The Morgan fingerprint density at radius 1 is 0.978 bits per heavy atom. The quantitative estimate of drug-likeness (QED) is 0.167. The predicted octanol–water partition coefficient (Wildman–Crippen LogP) is 9.99. The summed E-state index contributed by atoms with van der Waals surface area (Å²) in [4.78, 5) is 38.9. The van der Waals surface area contributed by atoms with Gasteiger partial charge >= 0.3 is 0 Å². The molecule has 0 fully saturated rings. The van der Waals surface area contributed by atoms with Crippen molar-refractivity contribution in [1.82, 2.24) is 9.97 Å². The molecule has 0 aliphatic heterocycles. The largest absolute Gasteiger partial charge is 0.496 e. The Bertz CT molecular complexity index is 1610. The standard InChI is InChI=1S/C39H48N2O3.C2H6.2H2/c1-10-32-26(5)22-40-34(28(32)7)20-39(36(42)17-11-24(2)3,21-35-29(8)38(44-9)27(6)23-41-35)37(43)18-14-30-13-16-33-25(4)12-15-31(33)19-30;1-2;;/h10,12-13,15-16,19,22-25H,1,11,14,17-18,20-21H2,2-9H3;1-2H3;2*1H. The summed E-state index contributed by atoms with van der Waals surface area (Å²) in [5.41, 5.74) is 8.53. The Morgan fingerprint density at radius 2 is 1.59 bits per heavy atom. The Hall–Kier alpha value is -3.86. The molecule has 0 radical (unpaired) electrons. The molecule has 250 valence electrons. The van der Waals surface area contributed by atoms with Crippen LogP contribution in [0.5, 0.6) is 5.75 Å². The van der Waals surface area contributed by atoms with Gasteiger partial charge in [-0.25, -0.2) is 0 Å². The minimum absolute atomic E-state index is 0. The number of hydrogen-bond donors (Lipinski definition) is 0. The van der Waals surface area contributed by atoms with E-state index in [-0.39, 0.29) is 33.7 Å². The normalized spacial score (nSPS) is 14.7. The van der Waals surface area contributed by atoms with Crippen molar-refractivity contribution in [2.24, 2.45) is 11.3 Å². The van der Waals surface area contributed by atoms with Crippen LogP contribution in [0.25, 0.3) is 12.2 Å². The van der Waals surface area contributed by atoms with Crippen LogP contribution in [0.15, 0.2) is 43.2 Å². The van der Waals surface area contributed by atoms with E-state index in [0.717, 1.165) is 44.8 Å². The fraction of sp³-hybridized carbons (Fsp3) is 0.463. The Labute approximate surface area is 280 Å². The summed E-state index contributed by atoms with van der Waals surface area (Å²) in [6, 6.07) is 6.48. The maximum absolute atomic E-state index is 14.7. The highest BCUT2D eigenvalue weighted by Crippen LogP contribution is 2.38. The summed E-state index contributed by atoms with van der Waals surface area (Å²) in [6.45, 7) is 22.4. The van der Waals surface area contributed by atoms with Crippen LogP contribution < -0.4 is 4.74 Å². The number of ether oxygens (including phenoxy) is 1. The van der Waals surface area contributed by atoms with Crippen LogP contribution >= 0.6 is 0 Å². The van der Waals surface area contributed by atoms with E-state index in [0.29, 0.717) is 36.8 Å². The Kier molecular flexibility index (Phi) is 12.8. The SMILES string of the molecule is C=Cc1c(C)cnc(CC(Cc2ncc(C)c(OC)c2C)(C(=O)CCc2ccc3c(c2)C=CC3C)C(=O)CCC(C)C)c1C.CC.[HH].[HH]. The van der Waals surface area contributed by atoms with Crippen molar-refractivity contribution in [2.75, 3.05) is 7.11 Å². The van der Waals surface area contributed by atoms with Crippen LogP contribution in [-0.4, -0.2) is 28.6 Å². The number of pyridine rings is 2. The van der Waals surface area contributed by atoms with Gasteiger partial charge in [-0.3, -0.25) is 19.6 Å². The van der Waals surface area contributed by atoms with Crippen molar-refractivity contribution in [3.8, 4) is 5.75 Å². The van der Waals surface area contributed by atoms with Gasteiger partial charge in [-0.05, 0) is 85.8 Å². The van der Waals surface area contributed by atoms with Gasteiger partial charge in [-0.2, -0.15) is 0 Å². The molecule has 4 rings (SSSR count). The van der Waals surface area contributed by atoms with Crippen LogP contribution in [0, 0.1) is 39.0 Å². The number of Topliss-reactive ketones (excluding diaryl/α,β-unsaturated/α-hetero) is 2. The van der Waals surface area contributed by atoms with Crippen molar-refractivity contribution in [2.45, 2.75) is 107 Å². The third-order valence-corrected chi connectivity index (χ3v) is 9.43. The molecule has 2 atom stereocenters. The van der Waals surface area contributed by atoms with E-state index in [9.17, 15) is 9.59 Å². The van der Waals surface area contributed by atoms with E-state index in [1.54, 1.807) is 13.3 Å². The molecule has 5 nitrogen and oxygen atoms in total. The van der Waals surface area contributed by atoms with Gasteiger partial charge in [0.2, 0.25) is 0 Å². The first-order valence-electron chi connectivity index (χ1n) is 16.9. The van der Waals surface area contributed by atoms with Gasteiger partial charge in [0, 0.05) is 63.4 Å². The van der Waals surface area contributed by atoms with E-state index in [2.05, 4.69) is 57.7 Å². The lowest BCUT2D eigenvalue weighted by atomic mass is 9.68. The zero-order valence-electron chi connectivity index (χ0n) is 29.8. The van der Waals surface area contributed by atoms with E-state index >= 15 is 0 Å². The maximum atomic E-state index is 14.7. The molecule has 3 aromatic rings. The summed E-state index contributed by atoms with van der Waals surface area (Å²) in [5.74, 6) is 1.38. The second-order valence-corrected chi connectivity index (χ2v) is 13.0. The summed E-state index contributed by atoms with van der Waals surface area (Å²) in [7, 11) is 1.65. The van der Waals surface area contributed by atoms with Gasteiger partial charge in [0.05, 0.1) is 12.5 Å². The second-order valence-electron chi connectivity index (χ2n) is 13.0. The lowest BCUT2D eigenvalue weighted by Crippen LogP contribution is -2.44. The highest BCUT2D eigenvalue weighted by Gasteiger charge is 2.46. The number of fused-ring (bicyclic) bond motifs is 1. The van der Waals surface area contributed by atoms with Gasteiger partial charge in [0.1, 0.15) is 17.3 Å². The van der Waals surface area contributed by atoms with Gasteiger partial charge in [-0.15, -0.1) is 0 Å². The third-order valence-electron chi connectivity index (χ3n) is 9.43. The van der Waals surface area contributed by atoms with Gasteiger partial charge in [-0.1, -0.05) is 77.6 Å². The zero-order valence-corrected chi connectivity index (χ0v) is 29.8. The van der Waals surface area contributed by atoms with Crippen LogP contribution in [0.4, 0.5) is 0 Å². The van der Waals surface area contributed by atoms with E-state index in [1.165, 1.54) is 11.1 Å². The topological polar surface area (TPSA) is 69.2 Å². The number of methoxy groups -OCH3 is 1. The average Bonchev–Trinajstić information content (AvgIpc) is 3.41. The number of aromatic nitrogens is 2. The number of carbonyl (C=O) groups excluding carboxylic acids is 2. The maximum Gasteiger partial charge on any atom is 0.147 e. The Balaban J connectivity index is 0.00000283. The molecule has 0 saturated carbocycles. The monoisotopic (exact) mass is 626 g/mol. The van der Waals surface area contributed by atoms with Crippen molar-refractivity contribution in [1.29, 1.82) is 0 Å². The number of carbonyl (C=O) groups is 2. The van der Waals surface area contributed by atoms with Crippen molar-refractivity contribution < 1.29 is 17.2 Å². The fourth-order valence-corrected chi connectivity index (χ4v) is 6.56. The second kappa shape index (κ2) is 16.1. The van der Waals surface area contributed by atoms with Crippen molar-refractivity contribution >= 4 is 23.7 Å². The molecule has 0 amide bonds. The first-order valence-corrected chi connectivity index (χ1v) is 16.9. The summed E-state index contributed by atoms with van der Waals surface area (Å²) < 4.78 is 5.72. The fourth-order valence-electron chi connectivity index (χ4n) is 6.56. The third kappa shape index (κ3) is 7.92. The molecule has 2 heterocycles. The van der Waals surface area contributed by atoms with Crippen LogP contribution in [0.2, 0.25) is 0 Å². The highest BCUT2D eigenvalue weighted by atomic mass is 16.5. The van der Waals surface area contributed by atoms with Gasteiger partial charge < -0.3 is 4.74 Å². The minimum atomic E-state index is -1.32. The van der Waals surface area contributed by atoms with Gasteiger partial charge in [0.15, 0.2) is 0 Å². The molecule has 0 saturated heterocycles.